The first-order chi connectivity index (χ1) is 9.65. The summed E-state index contributed by atoms with van der Waals surface area (Å²) in [6.07, 6.45) is 3.77. The number of rotatable bonds is 2. The fraction of sp³-hybridized carbons (Fsp3) is 0.467. The zero-order chi connectivity index (χ0) is 14.1. The number of benzene rings is 1. The topological polar surface area (TPSA) is 32.3 Å². The lowest BCUT2D eigenvalue weighted by Crippen LogP contribution is -2.42. The van der Waals surface area contributed by atoms with Gasteiger partial charge in [0.25, 0.3) is 0 Å². The Morgan fingerprint density at radius 1 is 1.25 bits per heavy atom. The summed E-state index contributed by atoms with van der Waals surface area (Å²) in [6, 6.07) is 5.12. The van der Waals surface area contributed by atoms with Crippen molar-refractivity contribution in [1.29, 1.82) is 0 Å². The summed E-state index contributed by atoms with van der Waals surface area (Å²) in [4.78, 5) is 13.1. The molecule has 1 aromatic carbocycles. The minimum absolute atomic E-state index is 0.245. The van der Waals surface area contributed by atoms with E-state index < -0.39 is 0 Å². The predicted octanol–water partition coefficient (Wildman–Crippen LogP) is 2.30. The molecule has 1 fully saturated rings. The van der Waals surface area contributed by atoms with Crippen molar-refractivity contribution in [2.75, 3.05) is 32.1 Å². The lowest BCUT2D eigenvalue weighted by molar-refractivity contribution is 0.252. The van der Waals surface area contributed by atoms with Gasteiger partial charge in [-0.25, -0.2) is 14.4 Å². The van der Waals surface area contributed by atoms with Gasteiger partial charge in [0.2, 0.25) is 0 Å². The molecule has 20 heavy (non-hydrogen) atoms. The Morgan fingerprint density at radius 3 is 2.75 bits per heavy atom. The van der Waals surface area contributed by atoms with E-state index in [1.54, 1.807) is 12.4 Å². The number of halogens is 1. The van der Waals surface area contributed by atoms with Gasteiger partial charge in [-0.1, -0.05) is 0 Å². The first-order valence-corrected chi connectivity index (χ1v) is 6.97. The van der Waals surface area contributed by atoms with Gasteiger partial charge in [0, 0.05) is 18.5 Å². The molecule has 4 nitrogen and oxygen atoms in total. The summed E-state index contributed by atoms with van der Waals surface area (Å²) in [5, 5.41) is 0.786. The Balaban J connectivity index is 1.95. The Hall–Kier alpha value is -1.75. The quantitative estimate of drug-likeness (QED) is 0.841. The number of hydrogen-bond donors (Lipinski definition) is 0. The fourth-order valence-electron chi connectivity index (χ4n) is 2.85. The zero-order valence-electron chi connectivity index (χ0n) is 11.9. The molecule has 0 bridgehead atoms. The molecule has 5 heteroatoms. The molecule has 0 amide bonds. The number of anilines is 1. The van der Waals surface area contributed by atoms with Gasteiger partial charge in [0.1, 0.15) is 18.0 Å². The maximum absolute atomic E-state index is 13.5. The van der Waals surface area contributed by atoms with E-state index in [-0.39, 0.29) is 5.82 Å². The van der Waals surface area contributed by atoms with E-state index in [4.69, 9.17) is 0 Å². The number of likely N-dealkylation sites (tertiary alicyclic amines) is 1. The van der Waals surface area contributed by atoms with Crippen molar-refractivity contribution in [3.63, 3.8) is 0 Å². The standard InChI is InChI=1S/C15H19FN4/c1-19-7-5-12(6-8-19)20(2)15-13-9-11(16)3-4-14(13)17-10-18-15/h3-4,9-10,12H,5-8H2,1-2H3. The average molecular weight is 274 g/mol. The molecule has 1 aliphatic heterocycles. The molecule has 1 saturated heterocycles. The third-order valence-corrected chi connectivity index (χ3v) is 4.15. The normalized spacial score (nSPS) is 17.6. The van der Waals surface area contributed by atoms with Crippen LogP contribution in [0.2, 0.25) is 0 Å². The summed E-state index contributed by atoms with van der Waals surface area (Å²) in [5.74, 6) is 0.578. The highest BCUT2D eigenvalue weighted by Gasteiger charge is 2.22. The van der Waals surface area contributed by atoms with Crippen LogP contribution in [0.3, 0.4) is 0 Å². The molecule has 3 rings (SSSR count). The van der Waals surface area contributed by atoms with Crippen molar-refractivity contribution in [3.05, 3.63) is 30.3 Å². The van der Waals surface area contributed by atoms with Crippen LogP contribution in [0.4, 0.5) is 10.2 Å². The maximum atomic E-state index is 13.5. The van der Waals surface area contributed by atoms with Gasteiger partial charge in [-0.3, -0.25) is 0 Å². The molecule has 0 spiro atoms. The Labute approximate surface area is 118 Å². The van der Waals surface area contributed by atoms with Gasteiger partial charge in [-0.15, -0.1) is 0 Å². The van der Waals surface area contributed by atoms with Gasteiger partial charge < -0.3 is 9.80 Å². The van der Waals surface area contributed by atoms with E-state index >= 15 is 0 Å². The fourth-order valence-corrected chi connectivity index (χ4v) is 2.85. The third-order valence-electron chi connectivity index (χ3n) is 4.15. The van der Waals surface area contributed by atoms with Gasteiger partial charge >= 0.3 is 0 Å². The second-order valence-electron chi connectivity index (χ2n) is 5.50. The van der Waals surface area contributed by atoms with Crippen molar-refractivity contribution >= 4 is 16.7 Å². The minimum atomic E-state index is -0.245. The first-order valence-electron chi connectivity index (χ1n) is 6.97. The largest absolute Gasteiger partial charge is 0.356 e. The van der Waals surface area contributed by atoms with Crippen molar-refractivity contribution < 1.29 is 4.39 Å². The predicted molar refractivity (Wildman–Crippen MR) is 78.4 cm³/mol. The summed E-state index contributed by atoms with van der Waals surface area (Å²) < 4.78 is 13.5. The zero-order valence-corrected chi connectivity index (χ0v) is 11.9. The highest BCUT2D eigenvalue weighted by Crippen LogP contribution is 2.26. The highest BCUT2D eigenvalue weighted by atomic mass is 19.1. The summed E-state index contributed by atoms with van der Waals surface area (Å²) in [7, 11) is 4.19. The minimum Gasteiger partial charge on any atom is -0.356 e. The van der Waals surface area contributed by atoms with E-state index in [2.05, 4.69) is 26.8 Å². The molecule has 1 aliphatic rings. The number of nitrogens with zero attached hydrogens (tertiary/aromatic N) is 4. The van der Waals surface area contributed by atoms with Crippen LogP contribution in [0, 0.1) is 5.82 Å². The van der Waals surface area contributed by atoms with E-state index in [0.29, 0.717) is 6.04 Å². The first kappa shape index (κ1) is 13.2. The van der Waals surface area contributed by atoms with Crippen LogP contribution in [0.25, 0.3) is 10.9 Å². The van der Waals surface area contributed by atoms with Crippen LogP contribution >= 0.6 is 0 Å². The lowest BCUT2D eigenvalue weighted by atomic mass is 10.0. The van der Waals surface area contributed by atoms with Crippen molar-refractivity contribution in [2.45, 2.75) is 18.9 Å². The molecule has 2 aromatic rings. The third kappa shape index (κ3) is 2.45. The molecular weight excluding hydrogens is 255 g/mol. The lowest BCUT2D eigenvalue weighted by Gasteiger charge is -2.36. The molecule has 0 aliphatic carbocycles. The monoisotopic (exact) mass is 274 g/mol. The van der Waals surface area contributed by atoms with Crippen LogP contribution < -0.4 is 4.90 Å². The molecule has 0 N–H and O–H groups in total. The van der Waals surface area contributed by atoms with Gasteiger partial charge in [0.05, 0.1) is 5.52 Å². The molecule has 0 radical (unpaired) electrons. The summed E-state index contributed by atoms with van der Waals surface area (Å²) in [6.45, 7) is 2.18. The van der Waals surface area contributed by atoms with Crippen LogP contribution in [-0.2, 0) is 0 Å². The van der Waals surface area contributed by atoms with E-state index in [1.165, 1.54) is 12.1 Å². The summed E-state index contributed by atoms with van der Waals surface area (Å²) >= 11 is 0. The second kappa shape index (κ2) is 5.32. The van der Waals surface area contributed by atoms with Crippen LogP contribution in [0.5, 0.6) is 0 Å². The van der Waals surface area contributed by atoms with Crippen LogP contribution in [-0.4, -0.2) is 48.1 Å². The molecule has 0 atom stereocenters. The Bertz CT molecular complexity index is 608. The van der Waals surface area contributed by atoms with Crippen molar-refractivity contribution in [1.82, 2.24) is 14.9 Å². The number of fused-ring (bicyclic) bond motifs is 1. The Morgan fingerprint density at radius 2 is 2.00 bits per heavy atom. The molecule has 2 heterocycles. The van der Waals surface area contributed by atoms with E-state index in [1.807, 2.05) is 7.05 Å². The van der Waals surface area contributed by atoms with E-state index in [9.17, 15) is 4.39 Å². The molecular formula is C15H19FN4. The van der Waals surface area contributed by atoms with Crippen LogP contribution in [0.1, 0.15) is 12.8 Å². The van der Waals surface area contributed by atoms with Gasteiger partial charge in [-0.2, -0.15) is 0 Å². The molecule has 0 saturated carbocycles. The average Bonchev–Trinajstić information content (AvgIpc) is 2.46. The molecule has 106 valence electrons. The number of piperidine rings is 1. The number of aromatic nitrogens is 2. The molecule has 0 unspecified atom stereocenters. The smallest absolute Gasteiger partial charge is 0.139 e. The summed E-state index contributed by atoms with van der Waals surface area (Å²) in [5.41, 5.74) is 0.788. The van der Waals surface area contributed by atoms with E-state index in [0.717, 1.165) is 42.7 Å². The Kier molecular flexibility index (Phi) is 3.53. The molecule has 1 aromatic heterocycles. The number of hydrogen-bond acceptors (Lipinski definition) is 4. The van der Waals surface area contributed by atoms with Crippen molar-refractivity contribution in [3.8, 4) is 0 Å². The second-order valence-corrected chi connectivity index (χ2v) is 5.50. The van der Waals surface area contributed by atoms with Gasteiger partial charge in [0.15, 0.2) is 0 Å². The van der Waals surface area contributed by atoms with Crippen molar-refractivity contribution in [2.24, 2.45) is 0 Å². The van der Waals surface area contributed by atoms with Crippen LogP contribution in [0.15, 0.2) is 24.5 Å². The van der Waals surface area contributed by atoms with Gasteiger partial charge in [-0.05, 0) is 51.2 Å². The SMILES string of the molecule is CN1CCC(N(C)c2ncnc3ccc(F)cc23)CC1. The maximum Gasteiger partial charge on any atom is 0.139 e. The highest BCUT2D eigenvalue weighted by molar-refractivity contribution is 5.89.